The second-order valence-electron chi connectivity index (χ2n) is 7.72. The number of benzene rings is 1. The molecule has 3 unspecified atom stereocenters. The van der Waals surface area contributed by atoms with E-state index in [1.54, 1.807) is 0 Å². The largest absolute Gasteiger partial charge is 0.294 e. The Morgan fingerprint density at radius 3 is 2.81 bits per heavy atom. The molecule has 1 heteroatoms. The molecule has 1 nitrogen and oxygen atoms in total. The lowest BCUT2D eigenvalue weighted by atomic mass is 9.63. The number of carbonyl (C=O) groups excluding carboxylic acids is 1. The fraction of sp³-hybridized carbons (Fsp3) is 0.550. The SMILES string of the molecule is CC(C)Cc1cccc2c1CCC1(CC3C=CC1C3)C2=O. The first kappa shape index (κ1) is 13.3. The predicted molar refractivity (Wildman–Crippen MR) is 85.4 cm³/mol. The highest BCUT2D eigenvalue weighted by Gasteiger charge is 2.54. The van der Waals surface area contributed by atoms with Crippen LogP contribution in [-0.4, -0.2) is 5.78 Å². The number of hydrogen-bond acceptors (Lipinski definition) is 1. The molecule has 3 aliphatic rings. The smallest absolute Gasteiger partial charge is 0.169 e. The van der Waals surface area contributed by atoms with Crippen molar-refractivity contribution in [3.63, 3.8) is 0 Å². The zero-order valence-electron chi connectivity index (χ0n) is 13.1. The monoisotopic (exact) mass is 280 g/mol. The van der Waals surface area contributed by atoms with Gasteiger partial charge < -0.3 is 0 Å². The lowest BCUT2D eigenvalue weighted by Gasteiger charge is -2.39. The van der Waals surface area contributed by atoms with E-state index in [9.17, 15) is 4.79 Å². The molecule has 21 heavy (non-hydrogen) atoms. The van der Waals surface area contributed by atoms with Crippen LogP contribution in [0.5, 0.6) is 0 Å². The summed E-state index contributed by atoms with van der Waals surface area (Å²) in [5, 5.41) is 0. The zero-order chi connectivity index (χ0) is 14.6. The van der Waals surface area contributed by atoms with Crippen LogP contribution in [0.1, 0.15) is 54.6 Å². The van der Waals surface area contributed by atoms with E-state index in [0.29, 0.717) is 23.5 Å². The number of hydrogen-bond donors (Lipinski definition) is 0. The molecule has 3 atom stereocenters. The maximum Gasteiger partial charge on any atom is 0.169 e. The number of rotatable bonds is 2. The molecule has 3 aliphatic carbocycles. The molecule has 0 heterocycles. The topological polar surface area (TPSA) is 17.1 Å². The molecule has 1 saturated carbocycles. The third kappa shape index (κ3) is 1.86. The van der Waals surface area contributed by atoms with E-state index >= 15 is 0 Å². The van der Waals surface area contributed by atoms with Crippen LogP contribution < -0.4 is 0 Å². The summed E-state index contributed by atoms with van der Waals surface area (Å²) in [6.07, 6.45) is 10.2. The summed E-state index contributed by atoms with van der Waals surface area (Å²) in [4.78, 5) is 13.2. The summed E-state index contributed by atoms with van der Waals surface area (Å²) >= 11 is 0. The molecule has 110 valence electrons. The van der Waals surface area contributed by atoms with Gasteiger partial charge in [0.2, 0.25) is 0 Å². The Morgan fingerprint density at radius 2 is 2.14 bits per heavy atom. The fourth-order valence-corrected chi connectivity index (χ4v) is 5.01. The molecule has 2 bridgehead atoms. The quantitative estimate of drug-likeness (QED) is 0.724. The number of allylic oxidation sites excluding steroid dienone is 2. The van der Waals surface area contributed by atoms with Crippen LogP contribution in [0, 0.1) is 23.2 Å². The van der Waals surface area contributed by atoms with Gasteiger partial charge in [0.1, 0.15) is 0 Å². The van der Waals surface area contributed by atoms with E-state index in [0.717, 1.165) is 31.2 Å². The molecule has 0 aromatic heterocycles. The molecule has 4 rings (SSSR count). The summed E-state index contributed by atoms with van der Waals surface area (Å²) in [5.74, 6) is 2.27. The van der Waals surface area contributed by atoms with Gasteiger partial charge in [-0.2, -0.15) is 0 Å². The van der Waals surface area contributed by atoms with Crippen molar-refractivity contribution >= 4 is 5.78 Å². The highest BCUT2D eigenvalue weighted by molar-refractivity contribution is 6.03. The molecule has 1 fully saturated rings. The highest BCUT2D eigenvalue weighted by atomic mass is 16.1. The van der Waals surface area contributed by atoms with Gasteiger partial charge in [0.05, 0.1) is 0 Å². The fourth-order valence-electron chi connectivity index (χ4n) is 5.01. The normalized spacial score (nSPS) is 33.2. The molecule has 1 aromatic carbocycles. The van der Waals surface area contributed by atoms with Crippen LogP contribution in [-0.2, 0) is 12.8 Å². The van der Waals surface area contributed by atoms with Crippen molar-refractivity contribution in [3.05, 3.63) is 47.0 Å². The van der Waals surface area contributed by atoms with Crippen LogP contribution in [0.2, 0.25) is 0 Å². The molecular weight excluding hydrogens is 256 g/mol. The lowest BCUT2D eigenvalue weighted by molar-refractivity contribution is 0.0702. The van der Waals surface area contributed by atoms with Crippen LogP contribution in [0.3, 0.4) is 0 Å². The van der Waals surface area contributed by atoms with Crippen molar-refractivity contribution in [1.82, 2.24) is 0 Å². The van der Waals surface area contributed by atoms with Crippen molar-refractivity contribution in [3.8, 4) is 0 Å². The molecular formula is C20H24O. The maximum absolute atomic E-state index is 13.2. The van der Waals surface area contributed by atoms with E-state index in [2.05, 4.69) is 44.2 Å². The van der Waals surface area contributed by atoms with E-state index in [1.165, 1.54) is 17.5 Å². The molecule has 0 N–H and O–H groups in total. The van der Waals surface area contributed by atoms with Crippen LogP contribution in [0.4, 0.5) is 0 Å². The maximum atomic E-state index is 13.2. The minimum absolute atomic E-state index is 0.0527. The summed E-state index contributed by atoms with van der Waals surface area (Å²) in [7, 11) is 0. The predicted octanol–water partition coefficient (Wildman–Crippen LogP) is 4.60. The van der Waals surface area contributed by atoms with Crippen molar-refractivity contribution in [2.24, 2.45) is 23.2 Å². The van der Waals surface area contributed by atoms with Gasteiger partial charge in [0.15, 0.2) is 5.78 Å². The Hall–Kier alpha value is -1.37. The van der Waals surface area contributed by atoms with Crippen molar-refractivity contribution in [1.29, 1.82) is 0 Å². The summed E-state index contributed by atoms with van der Waals surface area (Å²) in [5.41, 5.74) is 3.75. The third-order valence-electron chi connectivity index (χ3n) is 5.93. The second kappa shape index (κ2) is 4.56. The number of Topliss-reactive ketones (excluding diaryl/α,β-unsaturated/α-hetero) is 1. The third-order valence-corrected chi connectivity index (χ3v) is 5.93. The lowest BCUT2D eigenvalue weighted by Crippen LogP contribution is -2.39. The molecule has 0 radical (unpaired) electrons. The standard InChI is InChI=1S/C20H24O/c1-13(2)10-15-4-3-5-18-17(15)8-9-20(19(18)21)12-14-6-7-16(20)11-14/h3-7,13-14,16H,8-12H2,1-2H3. The van der Waals surface area contributed by atoms with E-state index in [4.69, 9.17) is 0 Å². The second-order valence-corrected chi connectivity index (χ2v) is 7.72. The first-order chi connectivity index (χ1) is 10.1. The van der Waals surface area contributed by atoms with Gasteiger partial charge in [0.25, 0.3) is 0 Å². The molecule has 0 saturated heterocycles. The minimum Gasteiger partial charge on any atom is -0.294 e. The first-order valence-electron chi connectivity index (χ1n) is 8.44. The Kier molecular flexibility index (Phi) is 2.89. The first-order valence-corrected chi connectivity index (χ1v) is 8.44. The summed E-state index contributed by atoms with van der Waals surface area (Å²) in [6.45, 7) is 4.51. The van der Waals surface area contributed by atoms with Crippen LogP contribution in [0.25, 0.3) is 0 Å². The van der Waals surface area contributed by atoms with Gasteiger partial charge >= 0.3 is 0 Å². The Labute approximate surface area is 127 Å². The van der Waals surface area contributed by atoms with Gasteiger partial charge in [-0.05, 0) is 61.0 Å². The number of ketones is 1. The van der Waals surface area contributed by atoms with Gasteiger partial charge in [-0.25, -0.2) is 0 Å². The van der Waals surface area contributed by atoms with Crippen molar-refractivity contribution in [2.75, 3.05) is 0 Å². The Morgan fingerprint density at radius 1 is 1.29 bits per heavy atom. The van der Waals surface area contributed by atoms with Crippen LogP contribution in [0.15, 0.2) is 30.4 Å². The highest BCUT2D eigenvalue weighted by Crippen LogP contribution is 2.57. The number of fused-ring (bicyclic) bond motifs is 4. The van der Waals surface area contributed by atoms with Gasteiger partial charge in [-0.15, -0.1) is 0 Å². The molecule has 0 amide bonds. The minimum atomic E-state index is -0.0527. The van der Waals surface area contributed by atoms with Gasteiger partial charge in [0, 0.05) is 11.0 Å². The van der Waals surface area contributed by atoms with E-state index < -0.39 is 0 Å². The molecule has 1 aromatic rings. The molecule has 0 aliphatic heterocycles. The van der Waals surface area contributed by atoms with Crippen LogP contribution >= 0.6 is 0 Å². The zero-order valence-corrected chi connectivity index (χ0v) is 13.1. The van der Waals surface area contributed by atoms with Gasteiger partial charge in [-0.1, -0.05) is 44.2 Å². The van der Waals surface area contributed by atoms with E-state index in [-0.39, 0.29) is 5.41 Å². The van der Waals surface area contributed by atoms with Gasteiger partial charge in [-0.3, -0.25) is 4.79 Å². The Balaban J connectivity index is 1.74. The number of carbonyl (C=O) groups is 1. The van der Waals surface area contributed by atoms with E-state index in [1.807, 2.05) is 0 Å². The average molecular weight is 280 g/mol. The Bertz CT molecular complexity index is 625. The molecule has 1 spiro atoms. The van der Waals surface area contributed by atoms with Crippen molar-refractivity contribution < 1.29 is 4.79 Å². The average Bonchev–Trinajstić information content (AvgIpc) is 3.04. The summed E-state index contributed by atoms with van der Waals surface area (Å²) in [6, 6.07) is 6.40. The summed E-state index contributed by atoms with van der Waals surface area (Å²) < 4.78 is 0. The van der Waals surface area contributed by atoms with Crippen molar-refractivity contribution in [2.45, 2.75) is 46.0 Å².